The highest BCUT2D eigenvalue weighted by Gasteiger charge is 2.11. The van der Waals surface area contributed by atoms with Gasteiger partial charge >= 0.3 is 0 Å². The van der Waals surface area contributed by atoms with Crippen LogP contribution in [0.2, 0.25) is 0 Å². The number of guanidine groups is 1. The molecule has 1 aromatic rings. The second kappa shape index (κ2) is 3.51. The van der Waals surface area contributed by atoms with Crippen molar-refractivity contribution in [1.29, 1.82) is 0 Å². The first-order valence-corrected chi connectivity index (χ1v) is 4.44. The number of rotatable bonds is 2. The fourth-order valence-electron chi connectivity index (χ4n) is 1.31. The lowest BCUT2D eigenvalue weighted by Crippen LogP contribution is -2.35. The third kappa shape index (κ3) is 1.83. The van der Waals surface area contributed by atoms with Crippen LogP contribution in [-0.4, -0.2) is 19.0 Å². The first-order chi connectivity index (χ1) is 6.36. The smallest absolute Gasteiger partial charge is 0.191 e. The minimum Gasteiger partial charge on any atom is -0.467 e. The van der Waals surface area contributed by atoms with Crippen molar-refractivity contribution in [1.82, 2.24) is 10.6 Å². The molecule has 2 rings (SSSR count). The van der Waals surface area contributed by atoms with Crippen molar-refractivity contribution in [3.05, 3.63) is 24.2 Å². The van der Waals surface area contributed by atoms with Crippen molar-refractivity contribution >= 4 is 5.96 Å². The summed E-state index contributed by atoms with van der Waals surface area (Å²) in [5, 5.41) is 6.37. The van der Waals surface area contributed by atoms with Crippen molar-refractivity contribution in [2.24, 2.45) is 4.99 Å². The molecule has 2 N–H and O–H groups in total. The number of hydrogen-bond donors (Lipinski definition) is 2. The Morgan fingerprint density at radius 2 is 2.62 bits per heavy atom. The summed E-state index contributed by atoms with van der Waals surface area (Å²) in [4.78, 5) is 4.24. The van der Waals surface area contributed by atoms with Crippen LogP contribution < -0.4 is 10.6 Å². The number of hydrogen-bond acceptors (Lipinski definition) is 4. The van der Waals surface area contributed by atoms with Crippen molar-refractivity contribution in [3.8, 4) is 0 Å². The Bertz CT molecular complexity index is 292. The normalized spacial score (nSPS) is 17.8. The Labute approximate surface area is 77.0 Å². The Morgan fingerprint density at radius 1 is 1.69 bits per heavy atom. The van der Waals surface area contributed by atoms with Gasteiger partial charge in [0.2, 0.25) is 0 Å². The molecule has 4 heteroatoms. The minimum absolute atomic E-state index is 0.166. The topological polar surface area (TPSA) is 49.6 Å². The van der Waals surface area contributed by atoms with Gasteiger partial charge in [-0.1, -0.05) is 0 Å². The van der Waals surface area contributed by atoms with Gasteiger partial charge in [0.15, 0.2) is 5.96 Å². The zero-order valence-electron chi connectivity index (χ0n) is 7.58. The molecule has 1 aliphatic rings. The zero-order valence-corrected chi connectivity index (χ0v) is 7.58. The molecule has 0 aliphatic carbocycles. The molecule has 0 aromatic carbocycles. The highest BCUT2D eigenvalue weighted by atomic mass is 16.3. The Morgan fingerprint density at radius 3 is 3.23 bits per heavy atom. The highest BCUT2D eigenvalue weighted by Crippen LogP contribution is 2.11. The lowest BCUT2D eigenvalue weighted by Gasteiger charge is -2.12. The maximum atomic E-state index is 5.26. The molecule has 0 bridgehead atoms. The zero-order chi connectivity index (χ0) is 9.10. The van der Waals surface area contributed by atoms with Gasteiger partial charge < -0.3 is 15.1 Å². The molecule has 1 aliphatic heterocycles. The van der Waals surface area contributed by atoms with E-state index in [9.17, 15) is 0 Å². The summed E-state index contributed by atoms with van der Waals surface area (Å²) in [6.07, 6.45) is 1.68. The summed E-state index contributed by atoms with van der Waals surface area (Å²) in [7, 11) is 0. The van der Waals surface area contributed by atoms with Crippen molar-refractivity contribution < 1.29 is 4.42 Å². The van der Waals surface area contributed by atoms with Crippen LogP contribution in [0.25, 0.3) is 0 Å². The van der Waals surface area contributed by atoms with Gasteiger partial charge in [0, 0.05) is 6.54 Å². The molecule has 1 atom stereocenters. The van der Waals surface area contributed by atoms with E-state index < -0.39 is 0 Å². The van der Waals surface area contributed by atoms with Crippen LogP contribution in [0.5, 0.6) is 0 Å². The molecule has 0 saturated carbocycles. The molecular formula is C9H13N3O. The first-order valence-electron chi connectivity index (χ1n) is 4.44. The van der Waals surface area contributed by atoms with Gasteiger partial charge in [0.05, 0.1) is 18.8 Å². The molecule has 1 aromatic heterocycles. The molecule has 2 heterocycles. The molecule has 0 radical (unpaired) electrons. The second-order valence-electron chi connectivity index (χ2n) is 3.04. The minimum atomic E-state index is 0.166. The molecule has 0 amide bonds. The Hall–Kier alpha value is -1.45. The monoisotopic (exact) mass is 179 g/mol. The first kappa shape index (κ1) is 8.16. The molecule has 4 nitrogen and oxygen atoms in total. The van der Waals surface area contributed by atoms with Gasteiger partial charge in [-0.3, -0.25) is 4.99 Å². The van der Waals surface area contributed by atoms with Gasteiger partial charge in [-0.05, 0) is 19.1 Å². The van der Waals surface area contributed by atoms with Crippen LogP contribution >= 0.6 is 0 Å². The van der Waals surface area contributed by atoms with E-state index in [0.717, 1.165) is 24.8 Å². The van der Waals surface area contributed by atoms with E-state index in [0.29, 0.717) is 0 Å². The highest BCUT2D eigenvalue weighted by molar-refractivity contribution is 5.81. The average Bonchev–Trinajstić information content (AvgIpc) is 2.74. The maximum Gasteiger partial charge on any atom is 0.191 e. The van der Waals surface area contributed by atoms with Gasteiger partial charge in [-0.15, -0.1) is 0 Å². The summed E-state index contributed by atoms with van der Waals surface area (Å²) < 4.78 is 5.26. The largest absolute Gasteiger partial charge is 0.467 e. The van der Waals surface area contributed by atoms with Crippen molar-refractivity contribution in [3.63, 3.8) is 0 Å². The molecule has 13 heavy (non-hydrogen) atoms. The van der Waals surface area contributed by atoms with Crippen LogP contribution in [0.1, 0.15) is 18.7 Å². The maximum absolute atomic E-state index is 5.26. The Balaban J connectivity index is 1.95. The predicted octanol–water partition coefficient (Wildman–Crippen LogP) is 0.889. The fraction of sp³-hybridized carbons (Fsp3) is 0.444. The number of furan rings is 1. The molecule has 0 fully saturated rings. The summed E-state index contributed by atoms with van der Waals surface area (Å²) in [5.74, 6) is 1.79. The summed E-state index contributed by atoms with van der Waals surface area (Å²) in [6, 6.07) is 4.00. The summed E-state index contributed by atoms with van der Waals surface area (Å²) in [5.41, 5.74) is 0. The van der Waals surface area contributed by atoms with E-state index >= 15 is 0 Å². The van der Waals surface area contributed by atoms with E-state index in [1.807, 2.05) is 19.1 Å². The third-order valence-corrected chi connectivity index (χ3v) is 2.00. The average molecular weight is 179 g/mol. The lowest BCUT2D eigenvalue weighted by molar-refractivity contribution is 0.461. The summed E-state index contributed by atoms with van der Waals surface area (Å²) in [6.45, 7) is 3.82. The van der Waals surface area contributed by atoms with E-state index in [1.165, 1.54) is 0 Å². The van der Waals surface area contributed by atoms with Crippen LogP contribution in [0.4, 0.5) is 0 Å². The van der Waals surface area contributed by atoms with E-state index in [-0.39, 0.29) is 6.04 Å². The predicted molar refractivity (Wildman–Crippen MR) is 50.6 cm³/mol. The van der Waals surface area contributed by atoms with Crippen molar-refractivity contribution in [2.45, 2.75) is 13.0 Å². The molecule has 70 valence electrons. The Kier molecular flexibility index (Phi) is 2.21. The fourth-order valence-corrected chi connectivity index (χ4v) is 1.31. The quantitative estimate of drug-likeness (QED) is 0.708. The second-order valence-corrected chi connectivity index (χ2v) is 3.04. The SMILES string of the molecule is C[C@H](NC1=NCCN1)c1ccco1. The van der Waals surface area contributed by atoms with Crippen LogP contribution in [0.3, 0.4) is 0 Å². The van der Waals surface area contributed by atoms with Crippen LogP contribution in [-0.2, 0) is 0 Å². The van der Waals surface area contributed by atoms with Gasteiger partial charge in [-0.25, -0.2) is 0 Å². The molecule has 0 unspecified atom stereocenters. The number of aliphatic imine (C=N–C) groups is 1. The molecule has 0 spiro atoms. The van der Waals surface area contributed by atoms with E-state index in [1.54, 1.807) is 6.26 Å². The number of nitrogens with zero attached hydrogens (tertiary/aromatic N) is 1. The molecular weight excluding hydrogens is 166 g/mol. The lowest BCUT2D eigenvalue weighted by atomic mass is 10.2. The van der Waals surface area contributed by atoms with E-state index in [4.69, 9.17) is 4.42 Å². The third-order valence-electron chi connectivity index (χ3n) is 2.00. The van der Waals surface area contributed by atoms with Crippen LogP contribution in [0.15, 0.2) is 27.8 Å². The molecule has 0 saturated heterocycles. The van der Waals surface area contributed by atoms with Gasteiger partial charge in [0.25, 0.3) is 0 Å². The van der Waals surface area contributed by atoms with Crippen molar-refractivity contribution in [2.75, 3.05) is 13.1 Å². The van der Waals surface area contributed by atoms with Crippen LogP contribution in [0, 0.1) is 0 Å². The summed E-state index contributed by atoms with van der Waals surface area (Å²) >= 11 is 0. The van der Waals surface area contributed by atoms with Gasteiger partial charge in [-0.2, -0.15) is 0 Å². The van der Waals surface area contributed by atoms with Gasteiger partial charge in [0.1, 0.15) is 5.76 Å². The number of nitrogens with one attached hydrogen (secondary N) is 2. The van der Waals surface area contributed by atoms with E-state index in [2.05, 4.69) is 15.6 Å². The standard InChI is InChI=1S/C9H13N3O/c1-7(8-3-2-6-13-8)12-9-10-4-5-11-9/h2-3,6-7H,4-5H2,1H3,(H2,10,11,12)/t7-/m0/s1.